The molecule has 0 saturated carbocycles. The van der Waals surface area contributed by atoms with Crippen LogP contribution in [0.3, 0.4) is 0 Å². The van der Waals surface area contributed by atoms with Crippen molar-refractivity contribution in [3.8, 4) is 11.5 Å². The van der Waals surface area contributed by atoms with E-state index in [0.29, 0.717) is 24.5 Å². The zero-order valence-corrected chi connectivity index (χ0v) is 16.8. The Labute approximate surface area is 174 Å². The highest BCUT2D eigenvalue weighted by Gasteiger charge is 2.41. The molecule has 0 spiro atoms. The number of nitrogens with one attached hydrogen (secondary N) is 1. The molecule has 0 radical (unpaired) electrons. The first-order valence-corrected chi connectivity index (χ1v) is 9.98. The summed E-state index contributed by atoms with van der Waals surface area (Å²) in [6.07, 6.45) is 1.06. The van der Waals surface area contributed by atoms with Crippen LogP contribution in [0.1, 0.15) is 47.1 Å². The maximum Gasteiger partial charge on any atom is 0.233 e. The normalized spacial score (nSPS) is 20.4. The standard InChI is InChI=1S/C24H22N2O4/c1-13-21-22(14-6-4-3-5-7-14)23-17(25-24(21)30-26-13)10-16(11-19(23)28)15-8-9-18(27)20(12-15)29-2/h3-9,12,16,22,25,27H,10-11H2,1-2H3/t16-,22+/m1/s1. The Balaban J connectivity index is 1.59. The monoisotopic (exact) mass is 402 g/mol. The van der Waals surface area contributed by atoms with Crippen molar-refractivity contribution < 1.29 is 19.2 Å². The number of allylic oxidation sites excluding steroid dienone is 2. The lowest BCUT2D eigenvalue weighted by molar-refractivity contribution is -0.116. The van der Waals surface area contributed by atoms with Gasteiger partial charge in [0, 0.05) is 23.6 Å². The van der Waals surface area contributed by atoms with Crippen LogP contribution < -0.4 is 10.1 Å². The number of aromatic hydroxyl groups is 1. The number of carbonyl (C=O) groups is 1. The Bertz CT molecular complexity index is 1160. The van der Waals surface area contributed by atoms with E-state index < -0.39 is 0 Å². The summed E-state index contributed by atoms with van der Waals surface area (Å²) in [5.41, 5.74) is 5.40. The molecule has 30 heavy (non-hydrogen) atoms. The molecule has 2 aliphatic rings. The summed E-state index contributed by atoms with van der Waals surface area (Å²) in [6.45, 7) is 1.91. The molecule has 0 amide bonds. The van der Waals surface area contributed by atoms with E-state index in [2.05, 4.69) is 10.5 Å². The largest absolute Gasteiger partial charge is 0.504 e. The van der Waals surface area contributed by atoms with Crippen molar-refractivity contribution in [3.63, 3.8) is 0 Å². The van der Waals surface area contributed by atoms with Gasteiger partial charge < -0.3 is 19.7 Å². The van der Waals surface area contributed by atoms with Crippen molar-refractivity contribution in [1.82, 2.24) is 5.16 Å². The molecular weight excluding hydrogens is 380 g/mol. The number of phenols is 1. The molecular formula is C24H22N2O4. The molecule has 2 N–H and O–H groups in total. The van der Waals surface area contributed by atoms with Gasteiger partial charge in [-0.15, -0.1) is 0 Å². The molecule has 2 heterocycles. The number of carbonyl (C=O) groups excluding carboxylic acids is 1. The second-order valence-electron chi connectivity index (χ2n) is 7.83. The molecule has 3 aromatic rings. The number of ether oxygens (including phenoxy) is 1. The number of benzene rings is 2. The first-order valence-electron chi connectivity index (χ1n) is 9.98. The van der Waals surface area contributed by atoms with Gasteiger partial charge in [-0.1, -0.05) is 41.6 Å². The number of aryl methyl sites for hydroxylation is 1. The first-order chi connectivity index (χ1) is 14.6. The quantitative estimate of drug-likeness (QED) is 0.663. The molecule has 1 aromatic heterocycles. The molecule has 0 saturated heterocycles. The number of rotatable bonds is 3. The maximum atomic E-state index is 13.4. The van der Waals surface area contributed by atoms with Crippen LogP contribution in [0, 0.1) is 6.92 Å². The van der Waals surface area contributed by atoms with Gasteiger partial charge in [0.15, 0.2) is 17.3 Å². The number of fused-ring (bicyclic) bond motifs is 1. The van der Waals surface area contributed by atoms with E-state index in [4.69, 9.17) is 9.26 Å². The van der Waals surface area contributed by atoms with Crippen LogP contribution in [0.4, 0.5) is 5.88 Å². The molecule has 6 nitrogen and oxygen atoms in total. The highest BCUT2D eigenvalue weighted by atomic mass is 16.5. The Morgan fingerprint density at radius 1 is 1.13 bits per heavy atom. The van der Waals surface area contributed by atoms with E-state index >= 15 is 0 Å². The highest BCUT2D eigenvalue weighted by Crippen LogP contribution is 2.49. The van der Waals surface area contributed by atoms with Crippen LogP contribution in [0.25, 0.3) is 0 Å². The number of nitrogens with zero attached hydrogens (tertiary/aromatic N) is 1. The highest BCUT2D eigenvalue weighted by molar-refractivity contribution is 6.01. The predicted octanol–water partition coefficient (Wildman–Crippen LogP) is 4.66. The topological polar surface area (TPSA) is 84.6 Å². The third-order valence-electron chi connectivity index (χ3n) is 6.07. The van der Waals surface area contributed by atoms with E-state index in [1.165, 1.54) is 7.11 Å². The fraction of sp³-hybridized carbons (Fsp3) is 0.250. The van der Waals surface area contributed by atoms with Gasteiger partial charge in [0.1, 0.15) is 0 Å². The van der Waals surface area contributed by atoms with Crippen LogP contribution in [-0.4, -0.2) is 23.2 Å². The zero-order valence-electron chi connectivity index (χ0n) is 16.8. The number of hydrogen-bond donors (Lipinski definition) is 2. The minimum atomic E-state index is -0.188. The number of anilines is 1. The fourth-order valence-electron chi connectivity index (χ4n) is 4.64. The van der Waals surface area contributed by atoms with Crippen LogP contribution >= 0.6 is 0 Å². The molecule has 5 rings (SSSR count). The van der Waals surface area contributed by atoms with E-state index in [1.54, 1.807) is 12.1 Å². The molecule has 0 fully saturated rings. The molecule has 1 aliphatic heterocycles. The number of hydrogen-bond acceptors (Lipinski definition) is 6. The van der Waals surface area contributed by atoms with Crippen molar-refractivity contribution >= 4 is 11.7 Å². The Morgan fingerprint density at radius 3 is 2.70 bits per heavy atom. The summed E-state index contributed by atoms with van der Waals surface area (Å²) in [6, 6.07) is 15.3. The molecule has 0 unspecified atom stereocenters. The van der Waals surface area contributed by atoms with Crippen LogP contribution in [-0.2, 0) is 4.79 Å². The third kappa shape index (κ3) is 2.87. The lowest BCUT2D eigenvalue weighted by atomic mass is 9.72. The molecule has 0 bridgehead atoms. The summed E-state index contributed by atoms with van der Waals surface area (Å²) in [5.74, 6) is 1.01. The van der Waals surface area contributed by atoms with Gasteiger partial charge in [-0.2, -0.15) is 0 Å². The summed E-state index contributed by atoms with van der Waals surface area (Å²) in [5, 5.41) is 17.4. The van der Waals surface area contributed by atoms with Crippen LogP contribution in [0.5, 0.6) is 11.5 Å². The third-order valence-corrected chi connectivity index (χ3v) is 6.07. The zero-order chi connectivity index (χ0) is 20.8. The van der Waals surface area contributed by atoms with Gasteiger partial charge in [-0.3, -0.25) is 4.79 Å². The van der Waals surface area contributed by atoms with E-state index in [1.807, 2.05) is 43.3 Å². The van der Waals surface area contributed by atoms with Gasteiger partial charge in [0.05, 0.1) is 18.4 Å². The van der Waals surface area contributed by atoms with E-state index in [9.17, 15) is 9.90 Å². The predicted molar refractivity (Wildman–Crippen MR) is 112 cm³/mol. The van der Waals surface area contributed by atoms with Gasteiger partial charge in [0.2, 0.25) is 5.88 Å². The van der Waals surface area contributed by atoms with E-state index in [-0.39, 0.29) is 23.4 Å². The molecule has 2 atom stereocenters. The van der Waals surface area contributed by atoms with Gasteiger partial charge >= 0.3 is 0 Å². The van der Waals surface area contributed by atoms with Crippen molar-refractivity contribution in [1.29, 1.82) is 0 Å². The van der Waals surface area contributed by atoms with Crippen molar-refractivity contribution in [3.05, 3.63) is 82.2 Å². The molecule has 6 heteroatoms. The Morgan fingerprint density at radius 2 is 1.93 bits per heavy atom. The minimum Gasteiger partial charge on any atom is -0.504 e. The molecule has 2 aromatic carbocycles. The second kappa shape index (κ2) is 7.06. The number of methoxy groups -OCH3 is 1. The summed E-state index contributed by atoms with van der Waals surface area (Å²) in [7, 11) is 1.52. The SMILES string of the molecule is COc1cc([C@H]2CC(=O)C3=C(C2)Nc2onc(C)c2[C@@H]3c2ccccc2)ccc1O. The number of ketones is 1. The Hall–Kier alpha value is -3.54. The minimum absolute atomic E-state index is 0.0137. The fourth-order valence-corrected chi connectivity index (χ4v) is 4.64. The van der Waals surface area contributed by atoms with Crippen molar-refractivity contribution in [2.75, 3.05) is 12.4 Å². The molecule has 1 aliphatic carbocycles. The summed E-state index contributed by atoms with van der Waals surface area (Å²) in [4.78, 5) is 13.4. The maximum absolute atomic E-state index is 13.4. The first kappa shape index (κ1) is 18.5. The smallest absolute Gasteiger partial charge is 0.233 e. The van der Waals surface area contributed by atoms with Gasteiger partial charge in [0.25, 0.3) is 0 Å². The molecule has 152 valence electrons. The lowest BCUT2D eigenvalue weighted by Crippen LogP contribution is -2.29. The van der Waals surface area contributed by atoms with Crippen LogP contribution in [0.15, 0.2) is 64.3 Å². The summed E-state index contributed by atoms with van der Waals surface area (Å²) >= 11 is 0. The van der Waals surface area contributed by atoms with Crippen molar-refractivity contribution in [2.24, 2.45) is 0 Å². The van der Waals surface area contributed by atoms with Gasteiger partial charge in [-0.25, -0.2) is 0 Å². The number of aromatic nitrogens is 1. The van der Waals surface area contributed by atoms with Gasteiger partial charge in [-0.05, 0) is 42.5 Å². The number of Topliss-reactive ketones (excluding diaryl/α,β-unsaturated/α-hetero) is 1. The second-order valence-corrected chi connectivity index (χ2v) is 7.83. The Kier molecular flexibility index (Phi) is 4.35. The summed E-state index contributed by atoms with van der Waals surface area (Å²) < 4.78 is 10.8. The van der Waals surface area contributed by atoms with E-state index in [0.717, 1.165) is 33.7 Å². The lowest BCUT2D eigenvalue weighted by Gasteiger charge is -2.34. The van der Waals surface area contributed by atoms with Crippen LogP contribution in [0.2, 0.25) is 0 Å². The number of phenolic OH excluding ortho intramolecular Hbond substituents is 1. The average Bonchev–Trinajstić information content (AvgIpc) is 3.13. The van der Waals surface area contributed by atoms with Crippen molar-refractivity contribution in [2.45, 2.75) is 31.6 Å². The average molecular weight is 402 g/mol.